The SMILES string of the molecule is CCN(CCNC(=O)[C@@H](N=C1NS(=O)(=O)c2ccccc21)C(C)C)c1cccc(C)c1. The maximum absolute atomic E-state index is 12.9. The molecule has 0 saturated carbocycles. The Hall–Kier alpha value is -2.87. The molecule has 0 aromatic heterocycles. The second kappa shape index (κ2) is 9.51. The average Bonchev–Trinajstić information content (AvgIpc) is 2.99. The smallest absolute Gasteiger partial charge is 0.263 e. The van der Waals surface area contributed by atoms with Gasteiger partial charge in [-0.15, -0.1) is 0 Å². The van der Waals surface area contributed by atoms with E-state index in [1.165, 1.54) is 11.6 Å². The monoisotopic (exact) mass is 442 g/mol. The van der Waals surface area contributed by atoms with Gasteiger partial charge in [0.05, 0.1) is 4.90 Å². The standard InChI is InChI=1S/C23H30N4O3S/c1-5-27(18-10-8-9-17(4)15-18)14-13-24-23(28)21(16(2)3)25-22-19-11-6-7-12-20(19)31(29,30)26-22/h6-12,15-16,21H,5,13-14H2,1-4H3,(H,24,28)(H,25,26)/t21-/m0/s1. The molecule has 0 saturated heterocycles. The number of likely N-dealkylation sites (N-methyl/N-ethyl adjacent to an activating group) is 1. The molecule has 1 aliphatic heterocycles. The molecule has 2 N–H and O–H groups in total. The third-order valence-electron chi connectivity index (χ3n) is 5.26. The number of nitrogens with one attached hydrogen (secondary N) is 2. The molecule has 8 heteroatoms. The number of benzene rings is 2. The topological polar surface area (TPSA) is 90.9 Å². The molecule has 3 rings (SSSR count). The fraction of sp³-hybridized carbons (Fsp3) is 0.391. The van der Waals surface area contributed by atoms with Crippen LogP contribution < -0.4 is 14.9 Å². The zero-order valence-electron chi connectivity index (χ0n) is 18.4. The number of amides is 1. The number of aliphatic imine (C=N–C) groups is 1. The largest absolute Gasteiger partial charge is 0.370 e. The number of carbonyl (C=O) groups excluding carboxylic acids is 1. The highest BCUT2D eigenvalue weighted by molar-refractivity contribution is 7.90. The molecule has 7 nitrogen and oxygen atoms in total. The Bertz CT molecular complexity index is 1080. The Morgan fingerprint density at radius 1 is 1.16 bits per heavy atom. The number of aryl methyl sites for hydroxylation is 1. The lowest BCUT2D eigenvalue weighted by atomic mass is 10.0. The van der Waals surface area contributed by atoms with Crippen molar-refractivity contribution in [2.45, 2.75) is 38.6 Å². The third-order valence-corrected chi connectivity index (χ3v) is 6.66. The average molecular weight is 443 g/mol. The third kappa shape index (κ3) is 5.25. The van der Waals surface area contributed by atoms with Crippen molar-refractivity contribution in [3.05, 3.63) is 59.7 Å². The molecule has 0 aliphatic carbocycles. The van der Waals surface area contributed by atoms with Crippen molar-refractivity contribution < 1.29 is 13.2 Å². The number of anilines is 1. The zero-order chi connectivity index (χ0) is 22.6. The number of sulfonamides is 1. The lowest BCUT2D eigenvalue weighted by Gasteiger charge is -2.24. The van der Waals surface area contributed by atoms with Crippen molar-refractivity contribution in [3.63, 3.8) is 0 Å². The van der Waals surface area contributed by atoms with Gasteiger partial charge in [-0.25, -0.2) is 8.42 Å². The minimum absolute atomic E-state index is 0.0937. The van der Waals surface area contributed by atoms with Gasteiger partial charge in [0.1, 0.15) is 11.9 Å². The van der Waals surface area contributed by atoms with E-state index in [4.69, 9.17) is 0 Å². The van der Waals surface area contributed by atoms with Gasteiger partial charge in [0.25, 0.3) is 10.0 Å². The van der Waals surface area contributed by atoms with Gasteiger partial charge >= 0.3 is 0 Å². The molecule has 0 bridgehead atoms. The first-order valence-electron chi connectivity index (χ1n) is 10.5. The van der Waals surface area contributed by atoms with Crippen molar-refractivity contribution in [1.82, 2.24) is 10.0 Å². The summed E-state index contributed by atoms with van der Waals surface area (Å²) in [7, 11) is -3.64. The summed E-state index contributed by atoms with van der Waals surface area (Å²) < 4.78 is 27.1. The van der Waals surface area contributed by atoms with Crippen molar-refractivity contribution in [2.75, 3.05) is 24.5 Å². The van der Waals surface area contributed by atoms with Crippen LogP contribution in [-0.2, 0) is 14.8 Å². The summed E-state index contributed by atoms with van der Waals surface area (Å²) >= 11 is 0. The van der Waals surface area contributed by atoms with Crippen LogP contribution in [0.1, 0.15) is 31.9 Å². The highest BCUT2D eigenvalue weighted by Crippen LogP contribution is 2.23. The number of rotatable bonds is 8. The Morgan fingerprint density at radius 2 is 1.90 bits per heavy atom. The Kier molecular flexibility index (Phi) is 7.00. The van der Waals surface area contributed by atoms with Crippen LogP contribution in [0.3, 0.4) is 0 Å². The molecule has 1 heterocycles. The van der Waals surface area contributed by atoms with Crippen LogP contribution in [0.4, 0.5) is 5.69 Å². The lowest BCUT2D eigenvalue weighted by Crippen LogP contribution is -2.42. The number of amidine groups is 1. The van der Waals surface area contributed by atoms with Crippen molar-refractivity contribution in [1.29, 1.82) is 0 Å². The first-order chi connectivity index (χ1) is 14.7. The van der Waals surface area contributed by atoms with Gasteiger partial charge in [0.2, 0.25) is 5.91 Å². The molecular formula is C23H30N4O3S. The Labute approximate surface area is 184 Å². The van der Waals surface area contributed by atoms with Crippen LogP contribution in [0.5, 0.6) is 0 Å². The van der Waals surface area contributed by atoms with E-state index in [0.29, 0.717) is 18.7 Å². The normalized spacial score (nSPS) is 16.6. The van der Waals surface area contributed by atoms with E-state index in [2.05, 4.69) is 52.0 Å². The highest BCUT2D eigenvalue weighted by atomic mass is 32.2. The summed E-state index contributed by atoms with van der Waals surface area (Å²) in [6.45, 7) is 9.90. The summed E-state index contributed by atoms with van der Waals surface area (Å²) in [5.74, 6) is -0.0883. The van der Waals surface area contributed by atoms with E-state index >= 15 is 0 Å². The first-order valence-corrected chi connectivity index (χ1v) is 12.0. The van der Waals surface area contributed by atoms with Crippen LogP contribution in [0.2, 0.25) is 0 Å². The fourth-order valence-electron chi connectivity index (χ4n) is 3.59. The van der Waals surface area contributed by atoms with Crippen LogP contribution >= 0.6 is 0 Å². The van der Waals surface area contributed by atoms with Gasteiger partial charge in [-0.1, -0.05) is 38.1 Å². The van der Waals surface area contributed by atoms with Gasteiger partial charge in [0, 0.05) is 30.9 Å². The minimum atomic E-state index is -3.64. The number of hydrogen-bond donors (Lipinski definition) is 2. The Balaban J connectivity index is 1.70. The predicted molar refractivity (Wildman–Crippen MR) is 124 cm³/mol. The molecular weight excluding hydrogens is 412 g/mol. The molecule has 2 aromatic carbocycles. The maximum atomic E-state index is 12.9. The zero-order valence-corrected chi connectivity index (χ0v) is 19.2. The van der Waals surface area contributed by atoms with Crippen molar-refractivity contribution in [2.24, 2.45) is 10.9 Å². The summed E-state index contributed by atoms with van der Waals surface area (Å²) in [5.41, 5.74) is 2.81. The van der Waals surface area contributed by atoms with Crippen LogP contribution in [0.15, 0.2) is 58.4 Å². The van der Waals surface area contributed by atoms with Crippen molar-refractivity contribution >= 4 is 27.5 Å². The molecule has 0 spiro atoms. The maximum Gasteiger partial charge on any atom is 0.263 e. The number of carbonyl (C=O) groups is 1. The minimum Gasteiger partial charge on any atom is -0.370 e. The molecule has 1 atom stereocenters. The van der Waals surface area contributed by atoms with Gasteiger partial charge < -0.3 is 10.2 Å². The van der Waals surface area contributed by atoms with E-state index in [9.17, 15) is 13.2 Å². The van der Waals surface area contributed by atoms with Crippen LogP contribution in [-0.4, -0.2) is 45.8 Å². The van der Waals surface area contributed by atoms with Gasteiger partial charge in [-0.3, -0.25) is 14.5 Å². The molecule has 0 fully saturated rings. The second-order valence-electron chi connectivity index (χ2n) is 7.98. The predicted octanol–water partition coefficient (Wildman–Crippen LogP) is 2.70. The molecule has 0 radical (unpaired) electrons. The second-order valence-corrected chi connectivity index (χ2v) is 9.63. The van der Waals surface area contributed by atoms with Gasteiger partial charge in [-0.05, 0) is 49.6 Å². The van der Waals surface area contributed by atoms with Gasteiger partial charge in [-0.2, -0.15) is 0 Å². The molecule has 0 unspecified atom stereocenters. The molecule has 1 aliphatic rings. The lowest BCUT2D eigenvalue weighted by molar-refractivity contribution is -0.123. The summed E-state index contributed by atoms with van der Waals surface area (Å²) in [6, 6.07) is 14.2. The summed E-state index contributed by atoms with van der Waals surface area (Å²) in [5, 5.41) is 2.97. The molecule has 166 valence electrons. The number of nitrogens with zero attached hydrogens (tertiary/aromatic N) is 2. The van der Waals surface area contributed by atoms with Crippen molar-refractivity contribution in [3.8, 4) is 0 Å². The summed E-state index contributed by atoms with van der Waals surface area (Å²) in [6.07, 6.45) is 0. The summed E-state index contributed by atoms with van der Waals surface area (Å²) in [4.78, 5) is 19.8. The number of fused-ring (bicyclic) bond motifs is 1. The van der Waals surface area contributed by atoms with Crippen LogP contribution in [0.25, 0.3) is 0 Å². The van der Waals surface area contributed by atoms with E-state index in [1.807, 2.05) is 19.9 Å². The molecule has 1 amide bonds. The first kappa shape index (κ1) is 22.8. The molecule has 2 aromatic rings. The number of hydrogen-bond acceptors (Lipinski definition) is 5. The molecule has 31 heavy (non-hydrogen) atoms. The Morgan fingerprint density at radius 3 is 2.58 bits per heavy atom. The van der Waals surface area contributed by atoms with E-state index in [-0.39, 0.29) is 22.6 Å². The van der Waals surface area contributed by atoms with Gasteiger partial charge in [0.15, 0.2) is 0 Å². The van der Waals surface area contributed by atoms with E-state index in [1.54, 1.807) is 18.2 Å². The highest BCUT2D eigenvalue weighted by Gasteiger charge is 2.32. The van der Waals surface area contributed by atoms with Crippen LogP contribution in [0, 0.1) is 12.8 Å². The van der Waals surface area contributed by atoms with E-state index in [0.717, 1.165) is 12.2 Å². The fourth-order valence-corrected chi connectivity index (χ4v) is 4.83. The quantitative estimate of drug-likeness (QED) is 0.658. The van der Waals surface area contributed by atoms with E-state index < -0.39 is 16.1 Å².